The summed E-state index contributed by atoms with van der Waals surface area (Å²) >= 11 is 0. The molecule has 0 heterocycles. The summed E-state index contributed by atoms with van der Waals surface area (Å²) in [6, 6.07) is 0. The molecule has 0 aliphatic heterocycles. The Hall–Kier alpha value is -0.830. The highest BCUT2D eigenvalue weighted by atomic mass is 16.3. The van der Waals surface area contributed by atoms with E-state index in [1.54, 1.807) is 19.9 Å². The molecule has 3 nitrogen and oxygen atoms in total. The Kier molecular flexibility index (Phi) is 10.6. The monoisotopic (exact) mass is 269 g/mol. The second-order valence-electron chi connectivity index (χ2n) is 5.84. The number of amides is 1. The number of carbonyl (C=O) groups excluding carboxylic acids is 1. The van der Waals surface area contributed by atoms with E-state index in [1.165, 1.54) is 38.5 Å². The third-order valence-electron chi connectivity index (χ3n) is 2.94. The molecule has 0 aliphatic carbocycles. The van der Waals surface area contributed by atoms with Gasteiger partial charge in [0.2, 0.25) is 5.91 Å². The lowest BCUT2D eigenvalue weighted by Crippen LogP contribution is -2.37. The molecule has 0 aromatic carbocycles. The van der Waals surface area contributed by atoms with Crippen molar-refractivity contribution < 1.29 is 9.90 Å². The van der Waals surface area contributed by atoms with Crippen LogP contribution in [0.4, 0.5) is 0 Å². The van der Waals surface area contributed by atoms with Crippen LogP contribution in [0.25, 0.3) is 0 Å². The molecule has 0 saturated heterocycles. The maximum Gasteiger partial charge on any atom is 0.243 e. The summed E-state index contributed by atoms with van der Waals surface area (Å²) in [6.45, 7) is 5.87. The first-order valence-corrected chi connectivity index (χ1v) is 7.62. The fourth-order valence-corrected chi connectivity index (χ4v) is 1.77. The van der Waals surface area contributed by atoms with E-state index in [-0.39, 0.29) is 12.5 Å². The predicted octanol–water partition coefficient (Wildman–Crippen LogP) is 3.57. The van der Waals surface area contributed by atoms with Gasteiger partial charge in [-0.2, -0.15) is 0 Å². The van der Waals surface area contributed by atoms with Crippen molar-refractivity contribution in [3.05, 3.63) is 12.2 Å². The average molecular weight is 269 g/mol. The number of carbonyl (C=O) groups is 1. The van der Waals surface area contributed by atoms with Crippen molar-refractivity contribution in [3.63, 3.8) is 0 Å². The summed E-state index contributed by atoms with van der Waals surface area (Å²) in [5, 5.41) is 12.1. The van der Waals surface area contributed by atoms with E-state index >= 15 is 0 Å². The van der Waals surface area contributed by atoms with Gasteiger partial charge < -0.3 is 10.4 Å². The fourth-order valence-electron chi connectivity index (χ4n) is 1.77. The van der Waals surface area contributed by atoms with Crippen molar-refractivity contribution in [2.75, 3.05) is 6.54 Å². The molecule has 0 aromatic heterocycles. The molecule has 0 saturated carbocycles. The lowest BCUT2D eigenvalue weighted by molar-refractivity contribution is -0.117. The number of nitrogens with one attached hydrogen (secondary N) is 1. The van der Waals surface area contributed by atoms with Crippen LogP contribution in [0.3, 0.4) is 0 Å². The number of unbranched alkanes of at least 4 members (excludes halogenated alkanes) is 7. The Bertz CT molecular complexity index is 254. The second kappa shape index (κ2) is 11.0. The highest BCUT2D eigenvalue weighted by Gasteiger charge is 2.12. The molecular weight excluding hydrogens is 238 g/mol. The van der Waals surface area contributed by atoms with Crippen LogP contribution in [0.1, 0.15) is 72.1 Å². The van der Waals surface area contributed by atoms with Gasteiger partial charge in [0.15, 0.2) is 0 Å². The van der Waals surface area contributed by atoms with Crippen LogP contribution in [0.5, 0.6) is 0 Å². The highest BCUT2D eigenvalue weighted by Crippen LogP contribution is 2.08. The number of hydrogen-bond acceptors (Lipinski definition) is 2. The summed E-state index contributed by atoms with van der Waals surface area (Å²) in [7, 11) is 0. The molecular formula is C16H31NO2. The van der Waals surface area contributed by atoms with Crippen LogP contribution in [0.15, 0.2) is 12.2 Å². The lowest BCUT2D eigenvalue weighted by Gasteiger charge is -2.16. The first-order chi connectivity index (χ1) is 8.95. The second-order valence-corrected chi connectivity index (χ2v) is 5.84. The van der Waals surface area contributed by atoms with Crippen LogP contribution in [0.2, 0.25) is 0 Å². The molecule has 112 valence electrons. The zero-order valence-electron chi connectivity index (χ0n) is 12.9. The maximum absolute atomic E-state index is 11.4. The molecule has 0 unspecified atom stereocenters. The Morgan fingerprint density at radius 2 is 1.68 bits per heavy atom. The first kappa shape index (κ1) is 18.2. The molecule has 3 heteroatoms. The van der Waals surface area contributed by atoms with E-state index in [1.807, 2.05) is 6.08 Å². The smallest absolute Gasteiger partial charge is 0.243 e. The van der Waals surface area contributed by atoms with E-state index < -0.39 is 5.60 Å². The minimum absolute atomic E-state index is 0.120. The highest BCUT2D eigenvalue weighted by molar-refractivity contribution is 5.87. The van der Waals surface area contributed by atoms with Crippen molar-refractivity contribution in [1.29, 1.82) is 0 Å². The van der Waals surface area contributed by atoms with Crippen molar-refractivity contribution in [2.24, 2.45) is 0 Å². The van der Waals surface area contributed by atoms with Gasteiger partial charge in [0.05, 0.1) is 5.60 Å². The van der Waals surface area contributed by atoms with Crippen LogP contribution in [0, 0.1) is 0 Å². The minimum atomic E-state index is -0.845. The van der Waals surface area contributed by atoms with Gasteiger partial charge in [0.1, 0.15) is 0 Å². The summed E-state index contributed by atoms with van der Waals surface area (Å²) in [4.78, 5) is 11.4. The number of hydrogen-bond donors (Lipinski definition) is 2. The average Bonchev–Trinajstić information content (AvgIpc) is 2.33. The molecule has 0 fully saturated rings. The van der Waals surface area contributed by atoms with Gasteiger partial charge >= 0.3 is 0 Å². The lowest BCUT2D eigenvalue weighted by atomic mass is 10.1. The molecule has 0 radical (unpaired) electrons. The summed E-state index contributed by atoms with van der Waals surface area (Å²) < 4.78 is 0. The topological polar surface area (TPSA) is 49.3 Å². The molecule has 19 heavy (non-hydrogen) atoms. The van der Waals surface area contributed by atoms with E-state index in [0.717, 1.165) is 12.8 Å². The van der Waals surface area contributed by atoms with Gasteiger partial charge in [-0.15, -0.1) is 0 Å². The third-order valence-corrected chi connectivity index (χ3v) is 2.94. The minimum Gasteiger partial charge on any atom is -0.389 e. The van der Waals surface area contributed by atoms with Crippen molar-refractivity contribution in [3.8, 4) is 0 Å². The molecule has 0 rings (SSSR count). The maximum atomic E-state index is 11.4. The van der Waals surface area contributed by atoms with Crippen LogP contribution >= 0.6 is 0 Å². The van der Waals surface area contributed by atoms with Gasteiger partial charge in [0.25, 0.3) is 0 Å². The van der Waals surface area contributed by atoms with Gasteiger partial charge in [-0.1, -0.05) is 51.5 Å². The Balaban J connectivity index is 3.40. The molecule has 0 atom stereocenters. The zero-order chi connectivity index (χ0) is 14.6. The number of aliphatic hydroxyl groups is 1. The van der Waals surface area contributed by atoms with Crippen molar-refractivity contribution >= 4 is 5.91 Å². The van der Waals surface area contributed by atoms with E-state index in [0.29, 0.717) is 0 Å². The van der Waals surface area contributed by atoms with E-state index in [9.17, 15) is 9.90 Å². The Labute approximate surface area is 118 Å². The van der Waals surface area contributed by atoms with E-state index in [2.05, 4.69) is 12.2 Å². The van der Waals surface area contributed by atoms with Gasteiger partial charge in [-0.3, -0.25) is 4.79 Å². The van der Waals surface area contributed by atoms with Gasteiger partial charge in [-0.05, 0) is 32.8 Å². The number of rotatable bonds is 11. The van der Waals surface area contributed by atoms with Gasteiger partial charge in [0, 0.05) is 6.54 Å². The third kappa shape index (κ3) is 15.1. The normalized spacial score (nSPS) is 12.0. The fraction of sp³-hybridized carbons (Fsp3) is 0.812. The summed E-state index contributed by atoms with van der Waals surface area (Å²) in [5.41, 5.74) is -0.845. The molecule has 0 spiro atoms. The standard InChI is InChI=1S/C16H31NO2/c1-4-5-6-7-8-9-10-11-12-13-15(18)17-14-16(2,3)19/h12-13,19H,4-11,14H2,1-3H3,(H,17,18). The number of allylic oxidation sites excluding steroid dienone is 1. The SMILES string of the molecule is CCCCCCCCCC=CC(=O)NCC(C)(C)O. The van der Waals surface area contributed by atoms with Crippen LogP contribution in [-0.4, -0.2) is 23.2 Å². The molecule has 1 amide bonds. The molecule has 0 aromatic rings. The van der Waals surface area contributed by atoms with Crippen molar-refractivity contribution in [1.82, 2.24) is 5.32 Å². The van der Waals surface area contributed by atoms with Crippen molar-refractivity contribution in [2.45, 2.75) is 77.7 Å². The van der Waals surface area contributed by atoms with Crippen LogP contribution < -0.4 is 5.32 Å². The van der Waals surface area contributed by atoms with Crippen LogP contribution in [-0.2, 0) is 4.79 Å². The summed E-state index contributed by atoms with van der Waals surface area (Å²) in [6.07, 6.45) is 13.5. The first-order valence-electron chi connectivity index (χ1n) is 7.62. The molecule has 0 aliphatic rings. The Morgan fingerprint density at radius 1 is 1.11 bits per heavy atom. The van der Waals surface area contributed by atoms with E-state index in [4.69, 9.17) is 0 Å². The summed E-state index contributed by atoms with van der Waals surface area (Å²) in [5.74, 6) is -0.120. The molecule has 0 bridgehead atoms. The van der Waals surface area contributed by atoms with Gasteiger partial charge in [-0.25, -0.2) is 0 Å². The Morgan fingerprint density at radius 3 is 2.26 bits per heavy atom. The quantitative estimate of drug-likeness (QED) is 0.445. The largest absolute Gasteiger partial charge is 0.389 e. The zero-order valence-corrected chi connectivity index (χ0v) is 12.9. The predicted molar refractivity (Wildman–Crippen MR) is 81.1 cm³/mol. The molecule has 2 N–H and O–H groups in total.